The van der Waals surface area contributed by atoms with E-state index >= 15 is 0 Å². The Hall–Kier alpha value is -5.58. The number of thiophene rings is 1. The van der Waals surface area contributed by atoms with Gasteiger partial charge in [-0.05, 0) is 65.7 Å². The fraction of sp³-hybridized carbons (Fsp3) is 0.0476. The Labute approximate surface area is 268 Å². The molecule has 2 unspecified atom stereocenters. The summed E-state index contributed by atoms with van der Waals surface area (Å²) in [7, 11) is 0. The van der Waals surface area contributed by atoms with Gasteiger partial charge in [0.1, 0.15) is 23.0 Å². The molecule has 1 aliphatic carbocycles. The third-order valence-corrected chi connectivity index (χ3v) is 11.1. The average Bonchev–Trinajstić information content (AvgIpc) is 3.85. The molecule has 46 heavy (non-hydrogen) atoms. The Kier molecular flexibility index (Phi) is 4.83. The molecular weight excluding hydrogens is 583 g/mol. The molecule has 4 heteroatoms. The second kappa shape index (κ2) is 9.00. The number of rotatable bonds is 2. The van der Waals surface area contributed by atoms with Gasteiger partial charge in [0.05, 0.1) is 11.2 Å². The zero-order chi connectivity index (χ0) is 29.9. The minimum atomic E-state index is -0.0401. The molecule has 2 atom stereocenters. The Balaban J connectivity index is 1.07. The Bertz CT molecular complexity index is 2760. The summed E-state index contributed by atoms with van der Waals surface area (Å²) in [4.78, 5) is 0. The zero-order valence-corrected chi connectivity index (χ0v) is 25.4. The minimum Gasteiger partial charge on any atom is -0.484 e. The SMILES string of the molecule is C1=CC2c3ccccc3OC2c2c1n(-c1ccc3c(c1)oc1cc(-c4cccc5sc6ccccc6c45)ccc13)c1ccccc21. The number of ether oxygens (including phenoxy) is 1. The van der Waals surface area contributed by atoms with Crippen LogP contribution in [0.4, 0.5) is 0 Å². The van der Waals surface area contributed by atoms with E-state index in [4.69, 9.17) is 9.15 Å². The molecule has 0 saturated heterocycles. The molecule has 1 aliphatic heterocycles. The van der Waals surface area contributed by atoms with Gasteiger partial charge in [-0.1, -0.05) is 78.9 Å². The van der Waals surface area contributed by atoms with Crippen LogP contribution >= 0.6 is 11.3 Å². The molecule has 3 aromatic heterocycles. The molecule has 0 fully saturated rings. The average molecular weight is 608 g/mol. The van der Waals surface area contributed by atoms with Crippen molar-refractivity contribution in [2.45, 2.75) is 12.0 Å². The highest BCUT2D eigenvalue weighted by Gasteiger charge is 2.39. The summed E-state index contributed by atoms with van der Waals surface area (Å²) < 4.78 is 18.3. The summed E-state index contributed by atoms with van der Waals surface area (Å²) in [6.07, 6.45) is 4.56. The lowest BCUT2D eigenvalue weighted by Gasteiger charge is -2.22. The molecule has 2 aliphatic rings. The van der Waals surface area contributed by atoms with Crippen LogP contribution in [0.15, 0.2) is 138 Å². The van der Waals surface area contributed by atoms with Crippen LogP contribution in [-0.4, -0.2) is 4.57 Å². The first-order valence-electron chi connectivity index (χ1n) is 15.7. The van der Waals surface area contributed by atoms with Crippen molar-refractivity contribution in [3.8, 4) is 22.6 Å². The number of benzene rings is 6. The van der Waals surface area contributed by atoms with Crippen molar-refractivity contribution < 1.29 is 9.15 Å². The van der Waals surface area contributed by atoms with Crippen LogP contribution in [0, 0.1) is 0 Å². The van der Waals surface area contributed by atoms with E-state index in [1.165, 1.54) is 59.0 Å². The van der Waals surface area contributed by atoms with Crippen molar-refractivity contribution >= 4 is 70.4 Å². The van der Waals surface area contributed by atoms with Gasteiger partial charge in [0.15, 0.2) is 0 Å². The van der Waals surface area contributed by atoms with E-state index in [2.05, 4.69) is 144 Å². The lowest BCUT2D eigenvalue weighted by molar-refractivity contribution is 0.224. The molecule has 3 nitrogen and oxygen atoms in total. The van der Waals surface area contributed by atoms with Gasteiger partial charge in [0, 0.05) is 65.1 Å². The third kappa shape index (κ3) is 3.26. The fourth-order valence-electron chi connectivity index (χ4n) is 7.99. The standard InChI is InChI=1S/C42H25NO2S/c1-4-12-33-31(9-1)41-34(21-20-30-27-8-2-5-13-35(27)45-42(30)41)43(33)25-17-19-29-28-18-16-24(22-36(28)44-37(29)23-25)26-11-7-15-39-40(26)32-10-3-6-14-38(32)46-39/h1-23,30,42H. The molecule has 9 aromatic rings. The first-order chi connectivity index (χ1) is 22.8. The van der Waals surface area contributed by atoms with Gasteiger partial charge >= 0.3 is 0 Å². The van der Waals surface area contributed by atoms with Crippen molar-refractivity contribution in [3.05, 3.63) is 150 Å². The lowest BCUT2D eigenvalue weighted by Crippen LogP contribution is -2.13. The topological polar surface area (TPSA) is 27.3 Å². The summed E-state index contributed by atoms with van der Waals surface area (Å²) >= 11 is 1.85. The van der Waals surface area contributed by atoms with Gasteiger partial charge in [-0.25, -0.2) is 0 Å². The maximum absolute atomic E-state index is 6.65. The molecule has 0 bridgehead atoms. The van der Waals surface area contributed by atoms with Crippen molar-refractivity contribution in [1.82, 2.24) is 4.57 Å². The summed E-state index contributed by atoms with van der Waals surface area (Å²) in [5, 5.41) is 6.11. The summed E-state index contributed by atoms with van der Waals surface area (Å²) in [5.74, 6) is 1.20. The molecule has 4 heterocycles. The number of fused-ring (bicyclic) bond motifs is 13. The van der Waals surface area contributed by atoms with Crippen LogP contribution in [0.5, 0.6) is 5.75 Å². The van der Waals surface area contributed by atoms with Crippen LogP contribution in [0.1, 0.15) is 28.8 Å². The van der Waals surface area contributed by atoms with Gasteiger partial charge in [-0.15, -0.1) is 11.3 Å². The maximum Gasteiger partial charge on any atom is 0.137 e. The predicted octanol–water partition coefficient (Wildman–Crippen LogP) is 11.8. The minimum absolute atomic E-state index is 0.0401. The van der Waals surface area contributed by atoms with Gasteiger partial charge in [-0.3, -0.25) is 0 Å². The highest BCUT2D eigenvalue weighted by atomic mass is 32.1. The van der Waals surface area contributed by atoms with E-state index in [9.17, 15) is 0 Å². The van der Waals surface area contributed by atoms with Crippen LogP contribution in [0.3, 0.4) is 0 Å². The van der Waals surface area contributed by atoms with E-state index in [1.54, 1.807) is 0 Å². The molecule has 11 rings (SSSR count). The number of furan rings is 1. The molecule has 216 valence electrons. The van der Waals surface area contributed by atoms with Crippen molar-refractivity contribution in [1.29, 1.82) is 0 Å². The zero-order valence-electron chi connectivity index (χ0n) is 24.6. The third-order valence-electron chi connectivity index (χ3n) is 9.98. The maximum atomic E-state index is 6.65. The number of hydrogen-bond acceptors (Lipinski definition) is 3. The van der Waals surface area contributed by atoms with E-state index in [0.29, 0.717) is 0 Å². The normalized spacial score (nSPS) is 16.8. The van der Waals surface area contributed by atoms with Gasteiger partial charge < -0.3 is 13.7 Å². The van der Waals surface area contributed by atoms with Gasteiger partial charge in [-0.2, -0.15) is 0 Å². The second-order valence-corrected chi connectivity index (χ2v) is 13.5. The van der Waals surface area contributed by atoms with Crippen molar-refractivity contribution in [2.24, 2.45) is 0 Å². The van der Waals surface area contributed by atoms with E-state index < -0.39 is 0 Å². The molecule has 0 radical (unpaired) electrons. The molecule has 0 spiro atoms. The highest BCUT2D eigenvalue weighted by molar-refractivity contribution is 7.25. The molecular formula is C42H25NO2S. The Morgan fingerprint density at radius 3 is 2.37 bits per heavy atom. The van der Waals surface area contributed by atoms with Crippen LogP contribution < -0.4 is 4.74 Å². The molecule has 6 aromatic carbocycles. The first kappa shape index (κ1) is 24.7. The van der Waals surface area contributed by atoms with Crippen LogP contribution in [-0.2, 0) is 0 Å². The van der Waals surface area contributed by atoms with Crippen LogP contribution in [0.2, 0.25) is 0 Å². The van der Waals surface area contributed by atoms with E-state index in [0.717, 1.165) is 33.4 Å². The number of nitrogens with zero attached hydrogens (tertiary/aromatic N) is 1. The Morgan fingerprint density at radius 2 is 1.41 bits per heavy atom. The van der Waals surface area contributed by atoms with Crippen molar-refractivity contribution in [3.63, 3.8) is 0 Å². The summed E-state index contributed by atoms with van der Waals surface area (Å²) in [6.45, 7) is 0. The monoisotopic (exact) mass is 607 g/mol. The first-order valence-corrected chi connectivity index (χ1v) is 16.6. The Morgan fingerprint density at radius 1 is 0.630 bits per heavy atom. The fourth-order valence-corrected chi connectivity index (χ4v) is 9.12. The van der Waals surface area contributed by atoms with Gasteiger partial charge in [0.25, 0.3) is 0 Å². The molecule has 0 amide bonds. The summed E-state index contributed by atoms with van der Waals surface area (Å²) in [5.41, 5.74) is 10.1. The quantitative estimate of drug-likeness (QED) is 0.195. The smallest absolute Gasteiger partial charge is 0.137 e. The molecule has 0 saturated carbocycles. The van der Waals surface area contributed by atoms with Crippen LogP contribution in [0.25, 0.3) is 75.9 Å². The number of hydrogen-bond donors (Lipinski definition) is 0. The van der Waals surface area contributed by atoms with E-state index in [-0.39, 0.29) is 12.0 Å². The largest absolute Gasteiger partial charge is 0.484 e. The van der Waals surface area contributed by atoms with Crippen molar-refractivity contribution in [2.75, 3.05) is 0 Å². The van der Waals surface area contributed by atoms with Gasteiger partial charge in [0.2, 0.25) is 0 Å². The number of aromatic nitrogens is 1. The second-order valence-electron chi connectivity index (χ2n) is 12.4. The number of para-hydroxylation sites is 2. The highest BCUT2D eigenvalue weighted by Crippen LogP contribution is 2.53. The summed E-state index contributed by atoms with van der Waals surface area (Å²) in [6, 6.07) is 45.7. The lowest BCUT2D eigenvalue weighted by atomic mass is 9.86. The van der Waals surface area contributed by atoms with E-state index in [1.807, 2.05) is 11.3 Å². The molecule has 0 N–H and O–H groups in total. The predicted molar refractivity (Wildman–Crippen MR) is 190 cm³/mol.